The maximum atomic E-state index is 12.2. The third-order valence-corrected chi connectivity index (χ3v) is 3.61. The van der Waals surface area contributed by atoms with Crippen molar-refractivity contribution in [1.29, 1.82) is 0 Å². The van der Waals surface area contributed by atoms with E-state index in [4.69, 9.17) is 10.6 Å². The highest BCUT2D eigenvalue weighted by molar-refractivity contribution is 5.98. The summed E-state index contributed by atoms with van der Waals surface area (Å²) in [4.78, 5) is 16.2. The smallest absolute Gasteiger partial charge is 0.255 e. The highest BCUT2D eigenvalue weighted by Gasteiger charge is 2.41. The van der Waals surface area contributed by atoms with Crippen LogP contribution in [-0.2, 0) is 4.74 Å². The minimum atomic E-state index is -0.155. The maximum absolute atomic E-state index is 12.2. The van der Waals surface area contributed by atoms with E-state index in [9.17, 15) is 4.79 Å². The van der Waals surface area contributed by atoms with Gasteiger partial charge in [-0.1, -0.05) is 0 Å². The number of nitrogens with two attached hydrogens (primary N) is 1. The van der Waals surface area contributed by atoms with Gasteiger partial charge >= 0.3 is 0 Å². The molecule has 1 aromatic rings. The number of aromatic nitrogens is 1. The number of nitrogens with zero attached hydrogens (tertiary/aromatic N) is 1. The number of carbonyl (C=O) groups is 1. The molecule has 6 nitrogen and oxygen atoms in total. The zero-order valence-corrected chi connectivity index (χ0v) is 9.93. The van der Waals surface area contributed by atoms with Crippen molar-refractivity contribution in [2.75, 3.05) is 5.43 Å². The third-order valence-electron chi connectivity index (χ3n) is 3.61. The number of pyridine rings is 1. The highest BCUT2D eigenvalue weighted by Crippen LogP contribution is 2.34. The lowest BCUT2D eigenvalue weighted by Crippen LogP contribution is -2.41. The lowest BCUT2D eigenvalue weighted by atomic mass is 9.95. The van der Waals surface area contributed by atoms with Crippen molar-refractivity contribution in [3.05, 3.63) is 23.9 Å². The van der Waals surface area contributed by atoms with E-state index in [-0.39, 0.29) is 18.1 Å². The summed E-state index contributed by atoms with van der Waals surface area (Å²) in [6.07, 6.45) is 5.13. The van der Waals surface area contributed by atoms with E-state index in [2.05, 4.69) is 15.7 Å². The summed E-state index contributed by atoms with van der Waals surface area (Å²) in [5.41, 5.74) is 2.89. The van der Waals surface area contributed by atoms with Gasteiger partial charge in [0, 0.05) is 6.20 Å². The zero-order chi connectivity index (χ0) is 12.5. The second-order valence-electron chi connectivity index (χ2n) is 4.73. The average molecular weight is 248 g/mol. The molecule has 2 saturated heterocycles. The van der Waals surface area contributed by atoms with Crippen molar-refractivity contribution < 1.29 is 9.53 Å². The van der Waals surface area contributed by atoms with Crippen molar-refractivity contribution in [3.8, 4) is 0 Å². The quantitative estimate of drug-likeness (QED) is 0.533. The van der Waals surface area contributed by atoms with Crippen LogP contribution < -0.4 is 16.6 Å². The molecule has 6 heteroatoms. The molecular weight excluding hydrogens is 232 g/mol. The van der Waals surface area contributed by atoms with E-state index in [1.165, 1.54) is 0 Å². The first-order valence-corrected chi connectivity index (χ1v) is 6.16. The first-order chi connectivity index (χ1) is 8.78. The molecule has 2 fully saturated rings. The number of rotatable bonds is 3. The van der Waals surface area contributed by atoms with Gasteiger partial charge in [0.2, 0.25) is 0 Å². The fraction of sp³-hybridized carbons (Fsp3) is 0.500. The van der Waals surface area contributed by atoms with Gasteiger partial charge in [-0.05, 0) is 31.4 Å². The normalized spacial score (nSPS) is 29.3. The first kappa shape index (κ1) is 11.4. The summed E-state index contributed by atoms with van der Waals surface area (Å²) >= 11 is 0. The molecule has 0 aromatic carbocycles. The Kier molecular flexibility index (Phi) is 2.89. The summed E-state index contributed by atoms with van der Waals surface area (Å²) < 4.78 is 5.71. The van der Waals surface area contributed by atoms with Gasteiger partial charge in [0.25, 0.3) is 5.91 Å². The second-order valence-corrected chi connectivity index (χ2v) is 4.73. The van der Waals surface area contributed by atoms with Crippen molar-refractivity contribution in [3.63, 3.8) is 0 Å². The van der Waals surface area contributed by atoms with E-state index in [0.717, 1.165) is 19.3 Å². The average Bonchev–Trinajstić information content (AvgIpc) is 3.01. The topological polar surface area (TPSA) is 89.3 Å². The molecule has 0 spiro atoms. The Bertz CT molecular complexity index is 465. The number of nitrogens with one attached hydrogen (secondary N) is 2. The second kappa shape index (κ2) is 4.55. The molecule has 0 aliphatic carbocycles. The minimum absolute atomic E-state index is 0.113. The Morgan fingerprint density at radius 3 is 3.06 bits per heavy atom. The van der Waals surface area contributed by atoms with Crippen molar-refractivity contribution in [1.82, 2.24) is 10.3 Å². The Morgan fingerprint density at radius 2 is 2.39 bits per heavy atom. The standard InChI is InChI=1S/C12H16N4O2/c13-16-11-8(2-1-5-14-11)12(17)15-9-6-7-3-4-10(9)18-7/h1-2,5,7,9-10H,3-4,6,13H2,(H,14,16)(H,15,17). The third kappa shape index (κ3) is 1.93. The van der Waals surface area contributed by atoms with Crippen LogP contribution in [0.1, 0.15) is 29.6 Å². The van der Waals surface area contributed by atoms with Gasteiger partial charge in [-0.2, -0.15) is 0 Å². The van der Waals surface area contributed by atoms with Crippen molar-refractivity contribution in [2.24, 2.45) is 5.84 Å². The predicted molar refractivity (Wildman–Crippen MR) is 65.8 cm³/mol. The van der Waals surface area contributed by atoms with Gasteiger partial charge in [-0.25, -0.2) is 10.8 Å². The van der Waals surface area contributed by atoms with Gasteiger partial charge in [-0.15, -0.1) is 0 Å². The van der Waals surface area contributed by atoms with Gasteiger partial charge < -0.3 is 15.5 Å². The molecule has 18 heavy (non-hydrogen) atoms. The number of carbonyl (C=O) groups excluding carboxylic acids is 1. The van der Waals surface area contributed by atoms with E-state index in [1.807, 2.05) is 0 Å². The molecule has 96 valence electrons. The lowest BCUT2D eigenvalue weighted by Gasteiger charge is -2.20. The molecule has 4 N–H and O–H groups in total. The summed E-state index contributed by atoms with van der Waals surface area (Å²) in [5, 5.41) is 3.00. The molecule has 2 bridgehead atoms. The van der Waals surface area contributed by atoms with Crippen LogP contribution in [0.25, 0.3) is 0 Å². The number of hydrogen-bond acceptors (Lipinski definition) is 5. The van der Waals surface area contributed by atoms with E-state index in [0.29, 0.717) is 17.5 Å². The number of fused-ring (bicyclic) bond motifs is 2. The molecule has 2 aliphatic heterocycles. The summed E-state index contributed by atoms with van der Waals surface area (Å²) in [6, 6.07) is 3.53. The van der Waals surface area contributed by atoms with Crippen molar-refractivity contribution >= 4 is 11.7 Å². The predicted octanol–water partition coefficient (Wildman–Crippen LogP) is 0.417. The fourth-order valence-corrected chi connectivity index (χ4v) is 2.74. The summed E-state index contributed by atoms with van der Waals surface area (Å²) in [7, 11) is 0. The van der Waals surface area contributed by atoms with E-state index >= 15 is 0 Å². The Labute approximate surface area is 105 Å². The Balaban J connectivity index is 1.71. The molecule has 3 unspecified atom stereocenters. The zero-order valence-electron chi connectivity index (χ0n) is 9.93. The molecule has 0 radical (unpaired) electrons. The van der Waals surface area contributed by atoms with Crippen LogP contribution >= 0.6 is 0 Å². The van der Waals surface area contributed by atoms with Gasteiger partial charge in [0.1, 0.15) is 0 Å². The number of hydrogen-bond donors (Lipinski definition) is 3. The molecule has 2 aliphatic rings. The van der Waals surface area contributed by atoms with Crippen LogP contribution in [0.2, 0.25) is 0 Å². The summed E-state index contributed by atoms with van der Waals surface area (Å²) in [6.45, 7) is 0. The molecule has 0 saturated carbocycles. The molecule has 3 atom stereocenters. The van der Waals surface area contributed by atoms with Gasteiger partial charge in [0.05, 0.1) is 23.8 Å². The van der Waals surface area contributed by atoms with Crippen LogP contribution in [0.15, 0.2) is 18.3 Å². The first-order valence-electron chi connectivity index (χ1n) is 6.16. The molecule has 3 rings (SSSR count). The van der Waals surface area contributed by atoms with Crippen LogP contribution in [0.5, 0.6) is 0 Å². The molecular formula is C12H16N4O2. The van der Waals surface area contributed by atoms with Crippen LogP contribution in [-0.4, -0.2) is 29.1 Å². The molecule has 3 heterocycles. The maximum Gasteiger partial charge on any atom is 0.255 e. The van der Waals surface area contributed by atoms with Crippen LogP contribution in [0, 0.1) is 0 Å². The van der Waals surface area contributed by atoms with Crippen LogP contribution in [0.4, 0.5) is 5.82 Å². The van der Waals surface area contributed by atoms with Crippen LogP contribution in [0.3, 0.4) is 0 Å². The highest BCUT2D eigenvalue weighted by atomic mass is 16.5. The van der Waals surface area contributed by atoms with Crippen molar-refractivity contribution in [2.45, 2.75) is 37.5 Å². The number of amides is 1. The fourth-order valence-electron chi connectivity index (χ4n) is 2.74. The monoisotopic (exact) mass is 248 g/mol. The van der Waals surface area contributed by atoms with Gasteiger partial charge in [-0.3, -0.25) is 4.79 Å². The minimum Gasteiger partial charge on any atom is -0.373 e. The van der Waals surface area contributed by atoms with Gasteiger partial charge in [0.15, 0.2) is 5.82 Å². The largest absolute Gasteiger partial charge is 0.373 e. The number of ether oxygens (including phenoxy) is 1. The SMILES string of the molecule is NNc1ncccc1C(=O)NC1CC2CCC1O2. The Hall–Kier alpha value is -1.66. The molecule has 1 aromatic heterocycles. The number of nitrogen functional groups attached to an aromatic ring is 1. The lowest BCUT2D eigenvalue weighted by molar-refractivity contribution is 0.0841. The summed E-state index contributed by atoms with van der Waals surface area (Å²) in [5.74, 6) is 5.57. The van der Waals surface area contributed by atoms with E-state index in [1.54, 1.807) is 18.3 Å². The molecule has 1 amide bonds. The van der Waals surface area contributed by atoms with E-state index < -0.39 is 0 Å². The number of hydrazine groups is 1. The number of anilines is 1. The Morgan fingerprint density at radius 1 is 1.50 bits per heavy atom.